The number of carbonyl (C=O) groups excluding carboxylic acids is 1. The molecule has 0 aliphatic heterocycles. The first-order chi connectivity index (χ1) is 14.7. The zero-order valence-corrected chi connectivity index (χ0v) is 16.0. The average molecular weight is 400 g/mol. The monoisotopic (exact) mass is 400 g/mol. The molecule has 2 aromatic heterocycles. The number of nitrogens with zero attached hydrogens (tertiary/aromatic N) is 3. The predicted octanol–water partition coefficient (Wildman–Crippen LogP) is 3.29. The second-order valence-electron chi connectivity index (χ2n) is 6.62. The number of phenols is 1. The molecule has 0 atom stereocenters. The lowest BCUT2D eigenvalue weighted by atomic mass is 10.1. The van der Waals surface area contributed by atoms with Gasteiger partial charge in [0.15, 0.2) is 0 Å². The van der Waals surface area contributed by atoms with E-state index in [2.05, 4.69) is 30.6 Å². The van der Waals surface area contributed by atoms with Gasteiger partial charge in [0, 0.05) is 41.7 Å². The summed E-state index contributed by atoms with van der Waals surface area (Å²) in [4.78, 5) is 28.0. The van der Waals surface area contributed by atoms with E-state index in [9.17, 15) is 9.90 Å². The minimum absolute atomic E-state index is 0.129. The van der Waals surface area contributed by atoms with Gasteiger partial charge < -0.3 is 20.7 Å². The number of aromatic amines is 1. The summed E-state index contributed by atoms with van der Waals surface area (Å²) in [7, 11) is 0. The Balaban J connectivity index is 1.37. The van der Waals surface area contributed by atoms with Gasteiger partial charge in [0.1, 0.15) is 11.6 Å². The number of rotatable bonds is 7. The van der Waals surface area contributed by atoms with Crippen LogP contribution in [0.2, 0.25) is 0 Å². The number of aromatic nitrogens is 4. The molecular formula is C22H20N6O2. The first-order valence-electron chi connectivity index (χ1n) is 9.41. The predicted molar refractivity (Wildman–Crippen MR) is 113 cm³/mol. The van der Waals surface area contributed by atoms with Crippen molar-refractivity contribution in [2.24, 2.45) is 0 Å². The Morgan fingerprint density at radius 2 is 1.77 bits per heavy atom. The number of carbonyl (C=O) groups is 1. The number of nitrogens with one attached hydrogen (secondary N) is 3. The van der Waals surface area contributed by atoms with Crippen LogP contribution in [-0.4, -0.2) is 37.5 Å². The molecule has 8 nitrogen and oxygen atoms in total. The number of phenolic OH excluding ortho intramolecular Hbond substituents is 1. The number of H-pyrrole nitrogens is 1. The van der Waals surface area contributed by atoms with Crippen molar-refractivity contribution in [2.75, 3.05) is 11.9 Å². The normalized spacial score (nSPS) is 10.5. The van der Waals surface area contributed by atoms with Gasteiger partial charge in [-0.2, -0.15) is 0 Å². The third kappa shape index (κ3) is 4.79. The molecule has 4 rings (SSSR count). The van der Waals surface area contributed by atoms with Gasteiger partial charge in [-0.1, -0.05) is 0 Å². The number of hydrogen-bond donors (Lipinski definition) is 4. The standard InChI is InChI=1S/C22H20N6O2/c29-19-7-3-15(4-8-19)20-12-23-13-21(28-20)27-17-5-1-16(2-6-17)22(30)25-10-9-18-11-24-14-26-18/h1-8,11-14,29H,9-10H2,(H,24,26)(H,25,30)(H,27,28). The Hall–Kier alpha value is -4.20. The number of hydrogen-bond acceptors (Lipinski definition) is 6. The van der Waals surface area contributed by atoms with Crippen LogP contribution in [0.25, 0.3) is 11.3 Å². The van der Waals surface area contributed by atoms with Gasteiger partial charge in [0.2, 0.25) is 0 Å². The van der Waals surface area contributed by atoms with Crippen LogP contribution in [0.5, 0.6) is 5.75 Å². The molecule has 0 saturated heterocycles. The van der Waals surface area contributed by atoms with E-state index in [1.165, 1.54) is 0 Å². The van der Waals surface area contributed by atoms with E-state index in [0.717, 1.165) is 16.9 Å². The van der Waals surface area contributed by atoms with Gasteiger partial charge in [-0.25, -0.2) is 9.97 Å². The fraction of sp³-hybridized carbons (Fsp3) is 0.0909. The first kappa shape index (κ1) is 19.1. The van der Waals surface area contributed by atoms with Gasteiger partial charge in [-0.05, 0) is 48.5 Å². The molecule has 0 unspecified atom stereocenters. The summed E-state index contributed by atoms with van der Waals surface area (Å²) in [6.07, 6.45) is 7.34. The summed E-state index contributed by atoms with van der Waals surface area (Å²) >= 11 is 0. The van der Waals surface area contributed by atoms with Crippen molar-refractivity contribution in [3.8, 4) is 17.0 Å². The third-order valence-electron chi connectivity index (χ3n) is 4.45. The molecule has 1 amide bonds. The number of aromatic hydroxyl groups is 1. The van der Waals surface area contributed by atoms with E-state index in [-0.39, 0.29) is 11.7 Å². The van der Waals surface area contributed by atoms with Crippen molar-refractivity contribution in [1.29, 1.82) is 0 Å². The second-order valence-corrected chi connectivity index (χ2v) is 6.62. The average Bonchev–Trinajstić information content (AvgIpc) is 3.28. The molecule has 0 bridgehead atoms. The highest BCUT2D eigenvalue weighted by atomic mass is 16.3. The Labute approximate surface area is 173 Å². The van der Waals surface area contributed by atoms with Crippen molar-refractivity contribution in [3.63, 3.8) is 0 Å². The molecule has 0 spiro atoms. The second kappa shape index (κ2) is 8.87. The molecule has 2 aromatic carbocycles. The van der Waals surface area contributed by atoms with Crippen molar-refractivity contribution in [3.05, 3.63) is 84.7 Å². The lowest BCUT2D eigenvalue weighted by Gasteiger charge is -2.09. The smallest absolute Gasteiger partial charge is 0.251 e. The fourth-order valence-corrected chi connectivity index (χ4v) is 2.88. The van der Waals surface area contributed by atoms with Crippen LogP contribution in [-0.2, 0) is 6.42 Å². The third-order valence-corrected chi connectivity index (χ3v) is 4.45. The number of imidazole rings is 1. The summed E-state index contributed by atoms with van der Waals surface area (Å²) in [6.45, 7) is 0.528. The van der Waals surface area contributed by atoms with E-state index in [1.54, 1.807) is 61.3 Å². The minimum Gasteiger partial charge on any atom is -0.508 e. The molecule has 2 heterocycles. The SMILES string of the molecule is O=C(NCCc1cnc[nH]1)c1ccc(Nc2cncc(-c3ccc(O)cc3)n2)cc1. The molecule has 8 heteroatoms. The fourth-order valence-electron chi connectivity index (χ4n) is 2.88. The molecule has 150 valence electrons. The molecule has 4 N–H and O–H groups in total. The maximum atomic E-state index is 12.3. The molecule has 0 saturated carbocycles. The summed E-state index contributed by atoms with van der Waals surface area (Å²) in [6, 6.07) is 13.9. The number of amides is 1. The summed E-state index contributed by atoms with van der Waals surface area (Å²) < 4.78 is 0. The van der Waals surface area contributed by atoms with Crippen LogP contribution in [0.1, 0.15) is 16.1 Å². The van der Waals surface area contributed by atoms with Crippen LogP contribution in [0.3, 0.4) is 0 Å². The van der Waals surface area contributed by atoms with Gasteiger partial charge in [-0.3, -0.25) is 9.78 Å². The quantitative estimate of drug-likeness (QED) is 0.378. The van der Waals surface area contributed by atoms with Gasteiger partial charge in [-0.15, -0.1) is 0 Å². The number of benzene rings is 2. The van der Waals surface area contributed by atoms with E-state index in [4.69, 9.17) is 0 Å². The Morgan fingerprint density at radius 1 is 0.967 bits per heavy atom. The molecular weight excluding hydrogens is 380 g/mol. The maximum absolute atomic E-state index is 12.3. The van der Waals surface area contributed by atoms with Gasteiger partial charge in [0.25, 0.3) is 5.91 Å². The zero-order chi connectivity index (χ0) is 20.8. The molecule has 0 aliphatic carbocycles. The highest BCUT2D eigenvalue weighted by Gasteiger charge is 2.07. The largest absolute Gasteiger partial charge is 0.508 e. The van der Waals surface area contributed by atoms with Crippen molar-refractivity contribution < 1.29 is 9.90 Å². The Morgan fingerprint density at radius 3 is 2.50 bits per heavy atom. The zero-order valence-electron chi connectivity index (χ0n) is 16.0. The Bertz CT molecular complexity index is 1110. The van der Waals surface area contributed by atoms with E-state index in [0.29, 0.717) is 30.0 Å². The van der Waals surface area contributed by atoms with Gasteiger partial charge >= 0.3 is 0 Å². The van der Waals surface area contributed by atoms with Crippen LogP contribution in [0.15, 0.2) is 73.4 Å². The van der Waals surface area contributed by atoms with Crippen molar-refractivity contribution >= 4 is 17.4 Å². The van der Waals surface area contributed by atoms with Crippen LogP contribution < -0.4 is 10.6 Å². The molecule has 0 fully saturated rings. The molecule has 30 heavy (non-hydrogen) atoms. The topological polar surface area (TPSA) is 116 Å². The van der Waals surface area contributed by atoms with E-state index >= 15 is 0 Å². The van der Waals surface area contributed by atoms with Crippen LogP contribution in [0.4, 0.5) is 11.5 Å². The summed E-state index contributed by atoms with van der Waals surface area (Å²) in [5.41, 5.74) is 3.89. The van der Waals surface area contributed by atoms with Crippen molar-refractivity contribution in [1.82, 2.24) is 25.3 Å². The summed E-state index contributed by atoms with van der Waals surface area (Å²) in [5, 5.41) is 15.5. The molecule has 0 radical (unpaired) electrons. The van der Waals surface area contributed by atoms with Gasteiger partial charge in [0.05, 0.1) is 24.4 Å². The molecule has 4 aromatic rings. The molecule has 0 aliphatic rings. The van der Waals surface area contributed by atoms with E-state index < -0.39 is 0 Å². The van der Waals surface area contributed by atoms with Crippen molar-refractivity contribution in [2.45, 2.75) is 6.42 Å². The van der Waals surface area contributed by atoms with E-state index in [1.807, 2.05) is 12.1 Å². The highest BCUT2D eigenvalue weighted by Crippen LogP contribution is 2.22. The highest BCUT2D eigenvalue weighted by molar-refractivity contribution is 5.94. The minimum atomic E-state index is -0.129. The maximum Gasteiger partial charge on any atom is 0.251 e. The number of anilines is 2. The lowest BCUT2D eigenvalue weighted by Crippen LogP contribution is -2.25. The van der Waals surface area contributed by atoms with Crippen LogP contribution in [0, 0.1) is 0 Å². The lowest BCUT2D eigenvalue weighted by molar-refractivity contribution is 0.0954. The van der Waals surface area contributed by atoms with Crippen LogP contribution >= 0.6 is 0 Å². The first-order valence-corrected chi connectivity index (χ1v) is 9.41. The Kier molecular flexibility index (Phi) is 5.66. The summed E-state index contributed by atoms with van der Waals surface area (Å²) in [5.74, 6) is 0.652.